The lowest BCUT2D eigenvalue weighted by atomic mass is 10.1. The van der Waals surface area contributed by atoms with E-state index in [1.807, 2.05) is 30.3 Å². The second kappa shape index (κ2) is 11.8. The van der Waals surface area contributed by atoms with Crippen molar-refractivity contribution < 1.29 is 19.0 Å². The molecule has 1 fully saturated rings. The third-order valence-electron chi connectivity index (χ3n) is 5.40. The van der Waals surface area contributed by atoms with Crippen LogP contribution in [-0.2, 0) is 4.79 Å². The van der Waals surface area contributed by atoms with Crippen LogP contribution in [0.15, 0.2) is 47.6 Å². The van der Waals surface area contributed by atoms with Crippen LogP contribution in [0.2, 0.25) is 0 Å². The van der Waals surface area contributed by atoms with Crippen LogP contribution in [0, 0.1) is 0 Å². The number of nitrogens with one attached hydrogen (secondary N) is 2. The third-order valence-corrected chi connectivity index (χ3v) is 5.40. The summed E-state index contributed by atoms with van der Waals surface area (Å²) in [7, 11) is 2.96. The highest BCUT2D eigenvalue weighted by Gasteiger charge is 2.17. The highest BCUT2D eigenvalue weighted by Crippen LogP contribution is 2.38. The number of piperidine rings is 1. The van der Waals surface area contributed by atoms with Gasteiger partial charge in [-0.3, -0.25) is 4.79 Å². The summed E-state index contributed by atoms with van der Waals surface area (Å²) in [5, 5.41) is 7.52. The van der Waals surface area contributed by atoms with Gasteiger partial charge in [0.15, 0.2) is 11.5 Å². The van der Waals surface area contributed by atoms with Gasteiger partial charge >= 0.3 is 5.97 Å². The Balaban J connectivity index is 1.58. The maximum absolute atomic E-state index is 11.5. The van der Waals surface area contributed by atoms with E-state index in [0.717, 1.165) is 31.6 Å². The fourth-order valence-electron chi connectivity index (χ4n) is 3.74. The van der Waals surface area contributed by atoms with Crippen molar-refractivity contribution in [2.24, 2.45) is 5.10 Å². The SMILES string of the molecule is COc1cc(/C=N/Nc2nc(Nc3ccccc3)nc(N3CCCCC3)n2)cc(OC)c1OC(C)=O. The van der Waals surface area contributed by atoms with Gasteiger partial charge in [0.25, 0.3) is 0 Å². The van der Waals surface area contributed by atoms with Gasteiger partial charge in [0.2, 0.25) is 23.6 Å². The minimum absolute atomic E-state index is 0.206. The molecule has 2 aromatic carbocycles. The van der Waals surface area contributed by atoms with Crippen molar-refractivity contribution in [2.75, 3.05) is 43.0 Å². The molecule has 0 bridgehead atoms. The summed E-state index contributed by atoms with van der Waals surface area (Å²) in [6.45, 7) is 3.10. The van der Waals surface area contributed by atoms with Crippen LogP contribution >= 0.6 is 0 Å². The lowest BCUT2D eigenvalue weighted by Gasteiger charge is -2.26. The van der Waals surface area contributed by atoms with Crippen molar-refractivity contribution in [2.45, 2.75) is 26.2 Å². The van der Waals surface area contributed by atoms with Gasteiger partial charge in [-0.2, -0.15) is 20.1 Å². The second-order valence-electron chi connectivity index (χ2n) is 8.04. The molecule has 1 aliphatic rings. The van der Waals surface area contributed by atoms with E-state index < -0.39 is 5.97 Å². The summed E-state index contributed by atoms with van der Waals surface area (Å²) < 4.78 is 16.0. The molecule has 0 atom stereocenters. The number of nitrogens with zero attached hydrogens (tertiary/aromatic N) is 5. The lowest BCUT2D eigenvalue weighted by molar-refractivity contribution is -0.132. The van der Waals surface area contributed by atoms with Gasteiger partial charge < -0.3 is 24.4 Å². The number of hydrazone groups is 1. The van der Waals surface area contributed by atoms with E-state index in [9.17, 15) is 4.79 Å². The van der Waals surface area contributed by atoms with Gasteiger partial charge in [0, 0.05) is 31.3 Å². The summed E-state index contributed by atoms with van der Waals surface area (Å²) in [6, 6.07) is 13.1. The molecule has 36 heavy (non-hydrogen) atoms. The number of hydrogen-bond acceptors (Lipinski definition) is 11. The molecule has 4 rings (SSSR count). The number of hydrogen-bond donors (Lipinski definition) is 2. The quantitative estimate of drug-likeness (QED) is 0.196. The van der Waals surface area contributed by atoms with Gasteiger partial charge in [-0.05, 0) is 43.5 Å². The molecule has 2 N–H and O–H groups in total. The molecule has 3 aromatic rings. The minimum Gasteiger partial charge on any atom is -0.493 e. The fourth-order valence-corrected chi connectivity index (χ4v) is 3.74. The first-order valence-corrected chi connectivity index (χ1v) is 11.6. The molecule has 11 nitrogen and oxygen atoms in total. The maximum atomic E-state index is 11.5. The number of ether oxygens (including phenoxy) is 3. The first-order valence-electron chi connectivity index (χ1n) is 11.6. The Bertz CT molecular complexity index is 1190. The molecule has 0 aliphatic carbocycles. The van der Waals surface area contributed by atoms with Crippen molar-refractivity contribution in [1.82, 2.24) is 15.0 Å². The molecular weight excluding hydrogens is 462 g/mol. The van der Waals surface area contributed by atoms with E-state index in [1.54, 1.807) is 18.3 Å². The zero-order chi connectivity index (χ0) is 25.3. The van der Waals surface area contributed by atoms with Gasteiger partial charge in [-0.1, -0.05) is 18.2 Å². The zero-order valence-electron chi connectivity index (χ0n) is 20.5. The van der Waals surface area contributed by atoms with Crippen LogP contribution in [0.1, 0.15) is 31.7 Å². The van der Waals surface area contributed by atoms with Crippen LogP contribution in [0.25, 0.3) is 0 Å². The Morgan fingerprint density at radius 3 is 2.28 bits per heavy atom. The highest BCUT2D eigenvalue weighted by molar-refractivity contribution is 5.83. The van der Waals surface area contributed by atoms with Gasteiger partial charge in [-0.15, -0.1) is 0 Å². The molecule has 2 heterocycles. The molecule has 0 unspecified atom stereocenters. The van der Waals surface area contributed by atoms with E-state index in [2.05, 4.69) is 35.7 Å². The van der Waals surface area contributed by atoms with Gasteiger partial charge in [0.05, 0.1) is 20.4 Å². The second-order valence-corrected chi connectivity index (χ2v) is 8.04. The number of carbonyl (C=O) groups excluding carboxylic acids is 1. The Morgan fingerprint density at radius 1 is 0.972 bits per heavy atom. The largest absolute Gasteiger partial charge is 0.493 e. The molecule has 188 valence electrons. The van der Waals surface area contributed by atoms with Gasteiger partial charge in [0.1, 0.15) is 0 Å². The first kappa shape index (κ1) is 24.7. The Kier molecular flexibility index (Phi) is 8.12. The summed E-state index contributed by atoms with van der Waals surface area (Å²) >= 11 is 0. The monoisotopic (exact) mass is 491 g/mol. The average Bonchev–Trinajstić information content (AvgIpc) is 2.90. The molecule has 0 amide bonds. The number of esters is 1. The number of anilines is 4. The standard InChI is InChI=1S/C25H29N7O4/c1-17(33)36-22-20(34-2)14-18(15-21(22)35-3)16-26-31-24-28-23(27-19-10-6-4-7-11-19)29-25(30-24)32-12-8-5-9-13-32/h4,6-7,10-11,14-16H,5,8-9,12-13H2,1-3H3,(H2,27,28,29,30,31)/b26-16+. The lowest BCUT2D eigenvalue weighted by Crippen LogP contribution is -2.31. The Hall–Kier alpha value is -4.41. The van der Waals surface area contributed by atoms with Crippen molar-refractivity contribution in [3.05, 3.63) is 48.0 Å². The molecule has 0 radical (unpaired) electrons. The summed E-state index contributed by atoms with van der Waals surface area (Å²) in [4.78, 5) is 27.3. The van der Waals surface area contributed by atoms with Crippen molar-refractivity contribution in [3.8, 4) is 17.2 Å². The maximum Gasteiger partial charge on any atom is 0.308 e. The molecule has 0 spiro atoms. The number of carbonyl (C=O) groups is 1. The minimum atomic E-state index is -0.478. The van der Waals surface area contributed by atoms with E-state index in [1.165, 1.54) is 27.6 Å². The van der Waals surface area contributed by atoms with E-state index in [4.69, 9.17) is 14.2 Å². The van der Waals surface area contributed by atoms with Crippen molar-refractivity contribution >= 4 is 35.7 Å². The van der Waals surface area contributed by atoms with Crippen LogP contribution in [0.5, 0.6) is 17.2 Å². The smallest absolute Gasteiger partial charge is 0.308 e. The number of rotatable bonds is 9. The van der Waals surface area contributed by atoms with Crippen LogP contribution in [0.3, 0.4) is 0 Å². The average molecular weight is 492 g/mol. The first-order chi connectivity index (χ1) is 17.6. The topological polar surface area (TPSA) is 123 Å². The van der Waals surface area contributed by atoms with Crippen LogP contribution in [-0.4, -0.2) is 54.4 Å². The molecule has 1 aromatic heterocycles. The molecule has 1 aliphatic heterocycles. The van der Waals surface area contributed by atoms with Crippen LogP contribution < -0.4 is 29.9 Å². The van der Waals surface area contributed by atoms with Crippen LogP contribution in [0.4, 0.5) is 23.5 Å². The Labute approximate surface area is 209 Å². The van der Waals surface area contributed by atoms with Crippen molar-refractivity contribution in [1.29, 1.82) is 0 Å². The molecule has 0 saturated carbocycles. The summed E-state index contributed by atoms with van der Waals surface area (Å²) in [5.41, 5.74) is 4.42. The van der Waals surface area contributed by atoms with E-state index in [0.29, 0.717) is 34.9 Å². The van der Waals surface area contributed by atoms with Gasteiger partial charge in [-0.25, -0.2) is 5.43 Å². The normalized spacial score (nSPS) is 13.4. The predicted molar refractivity (Wildman–Crippen MR) is 138 cm³/mol. The number of para-hydroxylation sites is 1. The van der Waals surface area contributed by atoms with E-state index in [-0.39, 0.29) is 5.75 Å². The highest BCUT2D eigenvalue weighted by atomic mass is 16.6. The predicted octanol–water partition coefficient (Wildman–Crippen LogP) is 3.99. The number of methoxy groups -OCH3 is 2. The van der Waals surface area contributed by atoms with Crippen molar-refractivity contribution in [3.63, 3.8) is 0 Å². The number of benzene rings is 2. The zero-order valence-corrected chi connectivity index (χ0v) is 20.5. The third kappa shape index (κ3) is 6.38. The molecular formula is C25H29N7O4. The molecule has 11 heteroatoms. The summed E-state index contributed by atoms with van der Waals surface area (Å²) in [5.74, 6) is 1.72. The van der Waals surface area contributed by atoms with E-state index >= 15 is 0 Å². The molecule has 1 saturated heterocycles. The number of aromatic nitrogens is 3. The fraction of sp³-hybridized carbons (Fsp3) is 0.320. The summed E-state index contributed by atoms with van der Waals surface area (Å²) in [6.07, 6.45) is 4.97. The Morgan fingerprint density at radius 2 is 1.64 bits per heavy atom.